The number of aromatic nitrogens is 3. The molecule has 2 N–H and O–H groups in total. The van der Waals surface area contributed by atoms with Crippen molar-refractivity contribution in [2.24, 2.45) is 0 Å². The molecule has 3 heterocycles. The van der Waals surface area contributed by atoms with Crippen LogP contribution < -0.4 is 10.6 Å². The first kappa shape index (κ1) is 22.9. The van der Waals surface area contributed by atoms with Gasteiger partial charge in [0.2, 0.25) is 0 Å². The average Bonchev–Trinajstić information content (AvgIpc) is 3.48. The Morgan fingerprint density at radius 1 is 1.24 bits per heavy atom. The lowest BCUT2D eigenvalue weighted by Crippen LogP contribution is -2.46. The van der Waals surface area contributed by atoms with Crippen LogP contribution in [0.2, 0.25) is 5.02 Å². The second kappa shape index (κ2) is 10.1. The maximum absolute atomic E-state index is 12.8. The molecule has 0 bridgehead atoms. The summed E-state index contributed by atoms with van der Waals surface area (Å²) < 4.78 is 12.7. The van der Waals surface area contributed by atoms with E-state index in [1.165, 1.54) is 18.0 Å². The highest BCUT2D eigenvalue weighted by Gasteiger charge is 2.35. The molecule has 1 aromatic carbocycles. The summed E-state index contributed by atoms with van der Waals surface area (Å²) in [7, 11) is 0. The Bertz CT molecular complexity index is 1170. The van der Waals surface area contributed by atoms with E-state index in [4.69, 9.17) is 20.8 Å². The van der Waals surface area contributed by atoms with Crippen LogP contribution in [-0.4, -0.2) is 39.1 Å². The number of amides is 2. The van der Waals surface area contributed by atoms with E-state index in [1.807, 2.05) is 23.6 Å². The molecule has 1 unspecified atom stereocenters. The third-order valence-corrected chi connectivity index (χ3v) is 6.20. The number of carbonyl (C=O) groups is 2. The molecule has 3 aromatic rings. The highest BCUT2D eigenvalue weighted by Crippen LogP contribution is 2.31. The van der Waals surface area contributed by atoms with Crippen LogP contribution in [0.3, 0.4) is 0 Å². The molecule has 0 spiro atoms. The number of carbonyl (C=O) groups excluding carboxylic acids is 2. The Kier molecular flexibility index (Phi) is 7.05. The number of halogens is 1. The molecule has 0 saturated heterocycles. The molecular weight excluding hydrogens is 466 g/mol. The van der Waals surface area contributed by atoms with Gasteiger partial charge >= 0.3 is 12.0 Å². The van der Waals surface area contributed by atoms with Gasteiger partial charge in [-0.05, 0) is 50.2 Å². The normalized spacial score (nSPS) is 15.8. The second-order valence-corrected chi connectivity index (χ2v) is 8.38. The summed E-state index contributed by atoms with van der Waals surface area (Å²) in [5.41, 5.74) is 1.61. The molecule has 2 amide bonds. The van der Waals surface area contributed by atoms with Crippen LogP contribution in [0.25, 0.3) is 11.4 Å². The van der Waals surface area contributed by atoms with Gasteiger partial charge in [0, 0.05) is 28.6 Å². The van der Waals surface area contributed by atoms with Crippen LogP contribution >= 0.6 is 23.4 Å². The zero-order chi connectivity index (χ0) is 23.4. The van der Waals surface area contributed by atoms with Crippen molar-refractivity contribution < 1.29 is 18.7 Å². The topological polar surface area (TPSA) is 111 Å². The summed E-state index contributed by atoms with van der Waals surface area (Å²) in [6.07, 6.45) is 1.49. The van der Waals surface area contributed by atoms with Crippen LogP contribution in [0.1, 0.15) is 25.6 Å². The number of furan rings is 1. The average molecular weight is 488 g/mol. The van der Waals surface area contributed by atoms with E-state index >= 15 is 0 Å². The molecule has 0 radical (unpaired) electrons. The summed E-state index contributed by atoms with van der Waals surface area (Å²) in [6.45, 7) is 4.57. The number of nitrogens with one attached hydrogen (secondary N) is 2. The van der Waals surface area contributed by atoms with Crippen molar-refractivity contribution in [3.05, 3.63) is 64.7 Å². The van der Waals surface area contributed by atoms with Gasteiger partial charge in [0.05, 0.1) is 18.4 Å². The summed E-state index contributed by atoms with van der Waals surface area (Å²) >= 11 is 7.36. The minimum absolute atomic E-state index is 0.205. The maximum Gasteiger partial charge on any atom is 0.338 e. The van der Waals surface area contributed by atoms with E-state index in [0.29, 0.717) is 39.6 Å². The molecule has 2 aromatic heterocycles. The fraction of sp³-hybridized carbons (Fsp3) is 0.273. The monoisotopic (exact) mass is 487 g/mol. The summed E-state index contributed by atoms with van der Waals surface area (Å²) in [4.78, 5) is 25.2. The molecule has 1 atom stereocenters. The van der Waals surface area contributed by atoms with E-state index in [1.54, 1.807) is 31.2 Å². The zero-order valence-electron chi connectivity index (χ0n) is 18.0. The van der Waals surface area contributed by atoms with Gasteiger partial charge in [0.1, 0.15) is 11.8 Å². The lowest BCUT2D eigenvalue weighted by Gasteiger charge is -2.27. The first-order chi connectivity index (χ1) is 16.0. The van der Waals surface area contributed by atoms with Gasteiger partial charge in [0.25, 0.3) is 0 Å². The highest BCUT2D eigenvalue weighted by molar-refractivity contribution is 7.99. The van der Waals surface area contributed by atoms with Gasteiger partial charge in [-0.15, -0.1) is 10.2 Å². The van der Waals surface area contributed by atoms with Crippen molar-refractivity contribution in [2.45, 2.75) is 31.6 Å². The van der Waals surface area contributed by atoms with Crippen LogP contribution in [-0.2, 0) is 16.1 Å². The van der Waals surface area contributed by atoms with Crippen LogP contribution in [0.4, 0.5) is 4.79 Å². The van der Waals surface area contributed by atoms with E-state index in [0.717, 1.165) is 5.56 Å². The summed E-state index contributed by atoms with van der Waals surface area (Å²) in [5, 5.41) is 15.4. The van der Waals surface area contributed by atoms with E-state index < -0.39 is 18.0 Å². The highest BCUT2D eigenvalue weighted by atomic mass is 35.5. The van der Waals surface area contributed by atoms with Gasteiger partial charge in [0.15, 0.2) is 11.0 Å². The Hall–Kier alpha value is -3.24. The van der Waals surface area contributed by atoms with Crippen molar-refractivity contribution >= 4 is 35.4 Å². The minimum Gasteiger partial charge on any atom is -0.467 e. The van der Waals surface area contributed by atoms with Gasteiger partial charge in [-0.3, -0.25) is 0 Å². The number of urea groups is 1. The van der Waals surface area contributed by atoms with Crippen molar-refractivity contribution in [3.63, 3.8) is 0 Å². The lowest BCUT2D eigenvalue weighted by atomic mass is 10.0. The predicted octanol–water partition coefficient (Wildman–Crippen LogP) is 4.17. The number of hydrogen-bond donors (Lipinski definition) is 2. The molecular formula is C22H22ClN5O4S. The number of nitrogens with zero attached hydrogens (tertiary/aromatic N) is 3. The van der Waals surface area contributed by atoms with E-state index in [2.05, 4.69) is 20.8 Å². The van der Waals surface area contributed by atoms with Crippen molar-refractivity contribution in [1.29, 1.82) is 0 Å². The third-order valence-electron chi connectivity index (χ3n) is 4.96. The Morgan fingerprint density at radius 3 is 2.70 bits per heavy atom. The lowest BCUT2D eigenvalue weighted by molar-refractivity contribution is -0.139. The van der Waals surface area contributed by atoms with Crippen molar-refractivity contribution in [3.8, 4) is 11.4 Å². The van der Waals surface area contributed by atoms with Gasteiger partial charge in [-0.25, -0.2) is 9.59 Å². The Labute approximate surface area is 199 Å². The molecule has 11 heteroatoms. The Morgan fingerprint density at radius 2 is 2.03 bits per heavy atom. The number of rotatable bonds is 8. The molecule has 33 heavy (non-hydrogen) atoms. The van der Waals surface area contributed by atoms with Crippen molar-refractivity contribution in [2.75, 3.05) is 12.4 Å². The van der Waals surface area contributed by atoms with E-state index in [-0.39, 0.29) is 12.4 Å². The van der Waals surface area contributed by atoms with Crippen LogP contribution in [0.5, 0.6) is 0 Å². The SMILES string of the molecule is CCOC(=O)C1=C(CSc2nnc(-c3ccc(Cl)cc3)n2CC)NC(=O)NC1c1ccco1. The predicted molar refractivity (Wildman–Crippen MR) is 124 cm³/mol. The second-order valence-electron chi connectivity index (χ2n) is 7.01. The molecule has 9 nitrogen and oxygen atoms in total. The van der Waals surface area contributed by atoms with Crippen LogP contribution in [0.15, 0.2) is 63.5 Å². The molecule has 0 saturated carbocycles. The molecule has 0 aliphatic carbocycles. The van der Waals surface area contributed by atoms with Gasteiger partial charge in [-0.1, -0.05) is 23.4 Å². The first-order valence-corrected chi connectivity index (χ1v) is 11.7. The quantitative estimate of drug-likeness (QED) is 0.362. The maximum atomic E-state index is 12.8. The van der Waals surface area contributed by atoms with E-state index in [9.17, 15) is 9.59 Å². The number of benzene rings is 1. The minimum atomic E-state index is -0.753. The standard InChI is InChI=1S/C22H22ClN5O4S/c1-3-28-19(13-7-9-14(23)10-8-13)26-27-22(28)33-12-15-17(20(29)31-4-2)18(25-21(30)24-15)16-6-5-11-32-16/h5-11,18H,3-4,12H2,1-2H3,(H2,24,25,30). The van der Waals surface area contributed by atoms with Crippen molar-refractivity contribution in [1.82, 2.24) is 25.4 Å². The molecule has 1 aliphatic heterocycles. The molecule has 4 rings (SSSR count). The zero-order valence-corrected chi connectivity index (χ0v) is 19.6. The number of thioether (sulfide) groups is 1. The molecule has 1 aliphatic rings. The summed E-state index contributed by atoms with van der Waals surface area (Å²) in [6, 6.07) is 9.58. The largest absolute Gasteiger partial charge is 0.467 e. The third kappa shape index (κ3) is 4.91. The van der Waals surface area contributed by atoms with Gasteiger partial charge < -0.3 is 24.4 Å². The fourth-order valence-corrected chi connectivity index (χ4v) is 4.58. The smallest absolute Gasteiger partial charge is 0.338 e. The number of ether oxygens (including phenoxy) is 1. The first-order valence-electron chi connectivity index (χ1n) is 10.3. The Balaban J connectivity index is 1.65. The number of hydrogen-bond acceptors (Lipinski definition) is 7. The van der Waals surface area contributed by atoms with Crippen LogP contribution in [0, 0.1) is 0 Å². The molecule has 0 fully saturated rings. The van der Waals surface area contributed by atoms with Gasteiger partial charge in [-0.2, -0.15) is 0 Å². The number of esters is 1. The fourth-order valence-electron chi connectivity index (χ4n) is 3.48. The summed E-state index contributed by atoms with van der Waals surface area (Å²) in [5.74, 6) is 0.898. The molecule has 172 valence electrons.